The highest BCUT2D eigenvalue weighted by Crippen LogP contribution is 2.26. The number of nitriles is 1. The van der Waals surface area contributed by atoms with Gasteiger partial charge in [-0.25, -0.2) is 15.0 Å². The van der Waals surface area contributed by atoms with Crippen LogP contribution in [0.1, 0.15) is 37.2 Å². The zero-order valence-electron chi connectivity index (χ0n) is 15.9. The minimum absolute atomic E-state index is 0.0821. The number of rotatable bonds is 7. The first-order valence-electron chi connectivity index (χ1n) is 9.17. The summed E-state index contributed by atoms with van der Waals surface area (Å²) in [6, 6.07) is 6.77. The highest BCUT2D eigenvalue weighted by Gasteiger charge is 2.22. The van der Waals surface area contributed by atoms with Crippen LogP contribution in [0.3, 0.4) is 0 Å². The minimum Gasteiger partial charge on any atom is -0.382 e. The van der Waals surface area contributed by atoms with Crippen LogP contribution in [-0.2, 0) is 6.54 Å². The maximum atomic E-state index is 13.2. The lowest BCUT2D eigenvalue weighted by molar-refractivity contribution is 0.550. The molecular weight excluding hydrogens is 392 g/mol. The largest absolute Gasteiger partial charge is 0.382 e. The first kappa shape index (κ1) is 20.5. The van der Waals surface area contributed by atoms with E-state index in [1.54, 1.807) is 22.8 Å². The molecule has 0 fully saturated rings. The maximum Gasteiger partial charge on any atom is 0.262 e. The van der Waals surface area contributed by atoms with Crippen molar-refractivity contribution in [2.45, 2.75) is 32.4 Å². The molecule has 0 aliphatic carbocycles. The van der Waals surface area contributed by atoms with Gasteiger partial charge in [0, 0.05) is 6.54 Å². The lowest BCUT2D eigenvalue weighted by Crippen LogP contribution is -2.30. The van der Waals surface area contributed by atoms with E-state index in [2.05, 4.69) is 15.3 Å². The van der Waals surface area contributed by atoms with E-state index in [1.807, 2.05) is 13.0 Å². The Morgan fingerprint density at radius 1 is 1.38 bits per heavy atom. The summed E-state index contributed by atoms with van der Waals surface area (Å²) in [5, 5.41) is 13.3. The van der Waals surface area contributed by atoms with Gasteiger partial charge in [-0.05, 0) is 31.5 Å². The smallest absolute Gasteiger partial charge is 0.262 e. The van der Waals surface area contributed by atoms with Gasteiger partial charge >= 0.3 is 0 Å². The number of nitrogens with zero attached hydrogens (tertiary/aromatic N) is 5. The number of benzene rings is 1. The minimum atomic E-state index is -0.398. The summed E-state index contributed by atoms with van der Waals surface area (Å²) in [6.45, 7) is 2.77. The van der Waals surface area contributed by atoms with Crippen LogP contribution < -0.4 is 22.3 Å². The van der Waals surface area contributed by atoms with E-state index in [0.717, 1.165) is 0 Å². The molecule has 2 aromatic heterocycles. The molecule has 1 unspecified atom stereocenters. The number of nitrogens with two attached hydrogens (primary N) is 2. The first-order valence-corrected chi connectivity index (χ1v) is 9.55. The Hall–Kier alpha value is -3.22. The average Bonchev–Trinajstić information content (AvgIpc) is 2.71. The molecule has 10 heteroatoms. The van der Waals surface area contributed by atoms with Gasteiger partial charge in [-0.1, -0.05) is 24.6 Å². The van der Waals surface area contributed by atoms with Crippen molar-refractivity contribution in [2.24, 2.45) is 5.73 Å². The Bertz CT molecular complexity index is 1140. The third kappa shape index (κ3) is 3.99. The molecule has 5 N–H and O–H groups in total. The zero-order valence-corrected chi connectivity index (χ0v) is 16.6. The summed E-state index contributed by atoms with van der Waals surface area (Å²) in [5.74, 6) is 0.887. The lowest BCUT2D eigenvalue weighted by atomic mass is 10.1. The van der Waals surface area contributed by atoms with Crippen molar-refractivity contribution >= 4 is 34.1 Å². The molecule has 0 aliphatic rings. The number of fused-ring (bicyclic) bond motifs is 1. The lowest BCUT2D eigenvalue weighted by Gasteiger charge is -2.22. The molecule has 3 aromatic rings. The number of hydrogen-bond donors (Lipinski definition) is 3. The molecule has 0 spiro atoms. The van der Waals surface area contributed by atoms with Gasteiger partial charge in [0.1, 0.15) is 35.4 Å². The molecule has 0 amide bonds. The van der Waals surface area contributed by atoms with Gasteiger partial charge in [-0.3, -0.25) is 9.36 Å². The second-order valence-corrected chi connectivity index (χ2v) is 6.81. The van der Waals surface area contributed by atoms with Crippen LogP contribution in [0.25, 0.3) is 10.9 Å². The van der Waals surface area contributed by atoms with Crippen molar-refractivity contribution in [1.29, 1.82) is 5.26 Å². The van der Waals surface area contributed by atoms with Gasteiger partial charge in [0.05, 0.1) is 22.0 Å². The molecule has 9 nitrogen and oxygen atoms in total. The van der Waals surface area contributed by atoms with E-state index >= 15 is 0 Å². The molecule has 0 saturated heterocycles. The SMILES string of the molecule is CCC(Nc1ncnc(N)c1C#N)c1nc2cccc(Cl)c2c(=O)n1CCCN. The Morgan fingerprint density at radius 3 is 2.86 bits per heavy atom. The summed E-state index contributed by atoms with van der Waals surface area (Å²) in [4.78, 5) is 25.9. The number of hydrogen-bond acceptors (Lipinski definition) is 8. The number of anilines is 2. The second kappa shape index (κ2) is 8.86. The van der Waals surface area contributed by atoms with Crippen molar-refractivity contribution in [3.63, 3.8) is 0 Å². The molecule has 3 rings (SSSR count). The maximum absolute atomic E-state index is 13.2. The molecule has 1 aromatic carbocycles. The van der Waals surface area contributed by atoms with Gasteiger partial charge < -0.3 is 16.8 Å². The first-order chi connectivity index (χ1) is 14.0. The number of nitrogen functional groups attached to an aromatic ring is 1. The molecule has 0 bridgehead atoms. The molecule has 1 atom stereocenters. The van der Waals surface area contributed by atoms with Gasteiger partial charge in [0.2, 0.25) is 0 Å². The van der Waals surface area contributed by atoms with Gasteiger partial charge in [0.25, 0.3) is 5.56 Å². The average molecular weight is 413 g/mol. The van der Waals surface area contributed by atoms with Gasteiger partial charge in [-0.15, -0.1) is 0 Å². The van der Waals surface area contributed by atoms with Crippen LogP contribution in [0.15, 0.2) is 29.3 Å². The molecule has 0 aliphatic heterocycles. The fraction of sp³-hybridized carbons (Fsp3) is 0.316. The molecular formula is C19H21ClN8O. The molecule has 150 valence electrons. The van der Waals surface area contributed by atoms with Crippen molar-refractivity contribution in [3.8, 4) is 6.07 Å². The normalized spacial score (nSPS) is 11.9. The van der Waals surface area contributed by atoms with Gasteiger partial charge in [0.15, 0.2) is 0 Å². The summed E-state index contributed by atoms with van der Waals surface area (Å²) in [6.07, 6.45) is 2.46. The van der Waals surface area contributed by atoms with Crippen LogP contribution in [0.2, 0.25) is 5.02 Å². The Morgan fingerprint density at radius 2 is 2.17 bits per heavy atom. The highest BCUT2D eigenvalue weighted by molar-refractivity contribution is 6.35. The van der Waals surface area contributed by atoms with Crippen LogP contribution >= 0.6 is 11.6 Å². The summed E-state index contributed by atoms with van der Waals surface area (Å²) in [5.41, 5.74) is 11.9. The van der Waals surface area contributed by atoms with Crippen molar-refractivity contribution in [2.75, 3.05) is 17.6 Å². The third-order valence-electron chi connectivity index (χ3n) is 4.57. The number of halogens is 1. The van der Waals surface area contributed by atoms with E-state index in [4.69, 9.17) is 28.1 Å². The molecule has 0 radical (unpaired) electrons. The van der Waals surface area contributed by atoms with E-state index in [-0.39, 0.29) is 22.8 Å². The van der Waals surface area contributed by atoms with Crippen LogP contribution in [0.4, 0.5) is 11.6 Å². The van der Waals surface area contributed by atoms with E-state index in [9.17, 15) is 10.1 Å². The van der Waals surface area contributed by atoms with Crippen molar-refractivity contribution in [3.05, 3.63) is 51.3 Å². The number of nitrogens with one attached hydrogen (secondary N) is 1. The zero-order chi connectivity index (χ0) is 21.0. The standard InChI is InChI=1S/C19H21ClN8O/c1-2-13(26-17-11(9-22)16(23)24-10-25-17)18-27-14-6-3-5-12(20)15(14)19(29)28(18)8-4-7-21/h3,5-6,10,13H,2,4,7-8,21H2,1H3,(H3,23,24,25,26). The van der Waals surface area contributed by atoms with Crippen molar-refractivity contribution in [1.82, 2.24) is 19.5 Å². The fourth-order valence-corrected chi connectivity index (χ4v) is 3.36. The van der Waals surface area contributed by atoms with E-state index < -0.39 is 6.04 Å². The van der Waals surface area contributed by atoms with Gasteiger partial charge in [-0.2, -0.15) is 5.26 Å². The molecule has 0 saturated carbocycles. The van der Waals surface area contributed by atoms with Crippen molar-refractivity contribution < 1.29 is 0 Å². The highest BCUT2D eigenvalue weighted by atomic mass is 35.5. The predicted molar refractivity (Wildman–Crippen MR) is 112 cm³/mol. The topological polar surface area (TPSA) is 149 Å². The third-order valence-corrected chi connectivity index (χ3v) is 4.88. The van der Waals surface area contributed by atoms with Crippen LogP contribution in [0, 0.1) is 11.3 Å². The van der Waals surface area contributed by atoms with E-state index in [1.165, 1.54) is 6.33 Å². The predicted octanol–water partition coefficient (Wildman–Crippen LogP) is 2.21. The molecule has 29 heavy (non-hydrogen) atoms. The Balaban J connectivity index is 2.17. The quantitative estimate of drug-likeness (QED) is 0.534. The summed E-state index contributed by atoms with van der Waals surface area (Å²) >= 11 is 6.26. The Kier molecular flexibility index (Phi) is 6.26. The van der Waals surface area contributed by atoms with E-state index in [0.29, 0.717) is 47.7 Å². The Labute approximate surface area is 172 Å². The fourth-order valence-electron chi connectivity index (χ4n) is 3.11. The summed E-state index contributed by atoms with van der Waals surface area (Å²) in [7, 11) is 0. The van der Waals surface area contributed by atoms with Crippen LogP contribution in [0.5, 0.6) is 0 Å². The van der Waals surface area contributed by atoms with Crippen LogP contribution in [-0.4, -0.2) is 26.1 Å². The molecule has 2 heterocycles. The second-order valence-electron chi connectivity index (χ2n) is 6.40. The summed E-state index contributed by atoms with van der Waals surface area (Å²) < 4.78 is 1.58. The number of aromatic nitrogens is 4. The monoisotopic (exact) mass is 412 g/mol.